The summed E-state index contributed by atoms with van der Waals surface area (Å²) in [6, 6.07) is 13.1. The van der Waals surface area contributed by atoms with Gasteiger partial charge in [0.25, 0.3) is 5.91 Å². The van der Waals surface area contributed by atoms with Crippen molar-refractivity contribution < 1.29 is 13.2 Å². The molecule has 0 spiro atoms. The van der Waals surface area contributed by atoms with E-state index < -0.39 is 10.0 Å². The molecule has 4 rings (SSSR count). The van der Waals surface area contributed by atoms with E-state index in [9.17, 15) is 13.2 Å². The molecule has 1 atom stereocenters. The number of nitrogens with zero attached hydrogens (tertiary/aromatic N) is 2. The monoisotopic (exact) mass is 447 g/mol. The van der Waals surface area contributed by atoms with Crippen LogP contribution in [0.5, 0.6) is 0 Å². The summed E-state index contributed by atoms with van der Waals surface area (Å²) in [5, 5.41) is 3.76. The normalized spacial score (nSPS) is 17.7. The number of fused-ring (bicyclic) bond motifs is 1. The van der Waals surface area contributed by atoms with Crippen LogP contribution in [0.25, 0.3) is 0 Å². The number of benzene rings is 2. The number of hydrogen-bond acceptors (Lipinski definition) is 4. The van der Waals surface area contributed by atoms with Gasteiger partial charge in [-0.1, -0.05) is 23.7 Å². The van der Waals surface area contributed by atoms with Gasteiger partial charge in [-0.2, -0.15) is 0 Å². The van der Waals surface area contributed by atoms with Crippen LogP contribution < -0.4 is 9.62 Å². The number of anilines is 1. The average molecular weight is 448 g/mol. The molecule has 2 aromatic carbocycles. The molecular weight excluding hydrogens is 422 g/mol. The quantitative estimate of drug-likeness (QED) is 0.738. The van der Waals surface area contributed by atoms with Crippen LogP contribution in [0.2, 0.25) is 5.02 Å². The second kappa shape index (κ2) is 8.57. The minimum absolute atomic E-state index is 0.0744. The predicted octanol–water partition coefficient (Wildman–Crippen LogP) is 3.23. The van der Waals surface area contributed by atoms with Crippen molar-refractivity contribution in [2.24, 2.45) is 0 Å². The van der Waals surface area contributed by atoms with Crippen LogP contribution in [0.15, 0.2) is 42.5 Å². The second-order valence-corrected chi connectivity index (χ2v) is 10.3. The third-order valence-electron chi connectivity index (χ3n) is 5.87. The summed E-state index contributed by atoms with van der Waals surface area (Å²) >= 11 is 6.20. The molecule has 2 heterocycles. The summed E-state index contributed by atoms with van der Waals surface area (Å²) in [7, 11) is -3.30. The highest BCUT2D eigenvalue weighted by molar-refractivity contribution is 7.92. The molecule has 8 heteroatoms. The van der Waals surface area contributed by atoms with E-state index in [2.05, 4.69) is 16.3 Å². The largest absolute Gasteiger partial charge is 0.350 e. The SMILES string of the molecule is CS(=O)(=O)N1CCc2cc(C(=O)NCC(c3cccc(Cl)c3)N3CCCC3)ccc21. The highest BCUT2D eigenvalue weighted by Gasteiger charge is 2.28. The van der Waals surface area contributed by atoms with Crippen molar-refractivity contribution in [3.63, 3.8) is 0 Å². The Labute approximate surface area is 182 Å². The molecule has 0 aromatic heterocycles. The van der Waals surface area contributed by atoms with E-state index in [1.54, 1.807) is 18.2 Å². The van der Waals surface area contributed by atoms with Crippen molar-refractivity contribution in [3.05, 3.63) is 64.2 Å². The Bertz CT molecular complexity index is 1050. The molecule has 2 aliphatic heterocycles. The molecule has 0 aliphatic carbocycles. The fraction of sp³-hybridized carbons (Fsp3) is 0.409. The van der Waals surface area contributed by atoms with E-state index in [1.165, 1.54) is 10.6 Å². The van der Waals surface area contributed by atoms with E-state index in [0.29, 0.717) is 35.8 Å². The lowest BCUT2D eigenvalue weighted by molar-refractivity contribution is 0.0938. The number of sulfonamides is 1. The van der Waals surface area contributed by atoms with Gasteiger partial charge < -0.3 is 5.32 Å². The van der Waals surface area contributed by atoms with Gasteiger partial charge in [-0.05, 0) is 73.8 Å². The molecule has 1 fully saturated rings. The standard InChI is InChI=1S/C22H26ClN3O3S/c1-30(28,29)26-12-9-17-13-18(7-8-20(17)26)22(27)24-15-21(25-10-2-3-11-25)16-5-4-6-19(23)14-16/h4-8,13-14,21H,2-3,9-12,15H2,1H3,(H,24,27). The maximum absolute atomic E-state index is 12.9. The lowest BCUT2D eigenvalue weighted by Crippen LogP contribution is -2.36. The lowest BCUT2D eigenvalue weighted by atomic mass is 10.0. The third-order valence-corrected chi connectivity index (χ3v) is 7.28. The van der Waals surface area contributed by atoms with Crippen LogP contribution in [-0.2, 0) is 16.4 Å². The molecule has 2 aliphatic rings. The molecule has 30 heavy (non-hydrogen) atoms. The zero-order valence-electron chi connectivity index (χ0n) is 17.0. The minimum atomic E-state index is -3.30. The highest BCUT2D eigenvalue weighted by Crippen LogP contribution is 2.31. The molecule has 1 N–H and O–H groups in total. The van der Waals surface area contributed by atoms with Crippen molar-refractivity contribution in [2.75, 3.05) is 36.7 Å². The molecule has 1 saturated heterocycles. The first kappa shape index (κ1) is 21.2. The summed E-state index contributed by atoms with van der Waals surface area (Å²) in [5.41, 5.74) is 3.21. The minimum Gasteiger partial charge on any atom is -0.350 e. The van der Waals surface area contributed by atoms with E-state index in [-0.39, 0.29) is 11.9 Å². The van der Waals surface area contributed by atoms with Gasteiger partial charge in [0, 0.05) is 23.7 Å². The first-order valence-electron chi connectivity index (χ1n) is 10.2. The van der Waals surface area contributed by atoms with E-state index in [0.717, 1.165) is 37.1 Å². The molecule has 2 aromatic rings. The van der Waals surface area contributed by atoms with Crippen LogP contribution in [0.4, 0.5) is 5.69 Å². The van der Waals surface area contributed by atoms with Gasteiger partial charge in [-0.25, -0.2) is 8.42 Å². The van der Waals surface area contributed by atoms with Crippen molar-refractivity contribution in [1.82, 2.24) is 10.2 Å². The Kier molecular flexibility index (Phi) is 6.04. The van der Waals surface area contributed by atoms with Gasteiger partial charge in [-0.15, -0.1) is 0 Å². The average Bonchev–Trinajstić information content (AvgIpc) is 3.37. The Hall–Kier alpha value is -2.09. The van der Waals surface area contributed by atoms with E-state index >= 15 is 0 Å². The van der Waals surface area contributed by atoms with Crippen LogP contribution in [0.3, 0.4) is 0 Å². The molecule has 0 saturated carbocycles. The van der Waals surface area contributed by atoms with E-state index in [4.69, 9.17) is 11.6 Å². The predicted molar refractivity (Wildman–Crippen MR) is 120 cm³/mol. The molecule has 1 amide bonds. The number of hydrogen-bond donors (Lipinski definition) is 1. The maximum atomic E-state index is 12.9. The van der Waals surface area contributed by atoms with Crippen molar-refractivity contribution in [3.8, 4) is 0 Å². The zero-order valence-corrected chi connectivity index (χ0v) is 18.5. The first-order valence-corrected chi connectivity index (χ1v) is 12.4. The van der Waals surface area contributed by atoms with Gasteiger partial charge >= 0.3 is 0 Å². The summed E-state index contributed by atoms with van der Waals surface area (Å²) in [4.78, 5) is 15.2. The molecule has 160 valence electrons. The highest BCUT2D eigenvalue weighted by atomic mass is 35.5. The summed E-state index contributed by atoms with van der Waals surface area (Å²) in [6.07, 6.45) is 4.14. The second-order valence-electron chi connectivity index (χ2n) is 7.95. The van der Waals surface area contributed by atoms with Gasteiger partial charge in [0.2, 0.25) is 10.0 Å². The summed E-state index contributed by atoms with van der Waals surface area (Å²) in [6.45, 7) is 2.93. The number of nitrogens with one attached hydrogen (secondary N) is 1. The van der Waals surface area contributed by atoms with Crippen molar-refractivity contribution >= 4 is 33.2 Å². The third kappa shape index (κ3) is 4.48. The van der Waals surface area contributed by atoms with Crippen LogP contribution in [0, 0.1) is 0 Å². The molecular formula is C22H26ClN3O3S. The Morgan fingerprint density at radius 1 is 1.13 bits per heavy atom. The Morgan fingerprint density at radius 3 is 2.60 bits per heavy atom. The number of likely N-dealkylation sites (tertiary alicyclic amines) is 1. The topological polar surface area (TPSA) is 69.7 Å². The maximum Gasteiger partial charge on any atom is 0.251 e. The smallest absolute Gasteiger partial charge is 0.251 e. The van der Waals surface area contributed by atoms with Crippen LogP contribution in [-0.4, -0.2) is 51.7 Å². The fourth-order valence-corrected chi connectivity index (χ4v) is 5.53. The molecule has 6 nitrogen and oxygen atoms in total. The van der Waals surface area contributed by atoms with Crippen molar-refractivity contribution in [1.29, 1.82) is 0 Å². The molecule has 1 unspecified atom stereocenters. The van der Waals surface area contributed by atoms with Crippen molar-refractivity contribution in [2.45, 2.75) is 25.3 Å². The van der Waals surface area contributed by atoms with Crippen LogP contribution >= 0.6 is 11.6 Å². The first-order chi connectivity index (χ1) is 14.3. The van der Waals surface area contributed by atoms with Gasteiger partial charge in [0.05, 0.1) is 18.0 Å². The summed E-state index contributed by atoms with van der Waals surface area (Å²) < 4.78 is 25.2. The lowest BCUT2D eigenvalue weighted by Gasteiger charge is -2.28. The van der Waals surface area contributed by atoms with Crippen LogP contribution in [0.1, 0.15) is 40.4 Å². The fourth-order valence-electron chi connectivity index (χ4n) is 4.37. The van der Waals surface area contributed by atoms with E-state index in [1.807, 2.05) is 18.2 Å². The van der Waals surface area contributed by atoms with Gasteiger partial charge in [0.1, 0.15) is 0 Å². The zero-order chi connectivity index (χ0) is 21.3. The van der Waals surface area contributed by atoms with Gasteiger partial charge in [-0.3, -0.25) is 14.0 Å². The molecule has 0 bridgehead atoms. The number of carbonyl (C=O) groups excluding carboxylic acids is 1. The van der Waals surface area contributed by atoms with Gasteiger partial charge in [0.15, 0.2) is 0 Å². The Balaban J connectivity index is 1.49. The number of rotatable bonds is 6. The number of amides is 1. The number of carbonyl (C=O) groups is 1. The number of halogens is 1. The Morgan fingerprint density at radius 2 is 1.90 bits per heavy atom. The molecule has 0 radical (unpaired) electrons. The summed E-state index contributed by atoms with van der Waals surface area (Å²) in [5.74, 6) is -0.151.